The smallest absolute Gasteiger partial charge is 0.335 e. The fourth-order valence-electron chi connectivity index (χ4n) is 4.21. The number of carbonyl (C=O) groups excluding carboxylic acids is 2. The molecule has 0 aromatic heterocycles. The zero-order chi connectivity index (χ0) is 20.3. The van der Waals surface area contributed by atoms with Crippen LogP contribution >= 0.6 is 0 Å². The molecule has 28 heavy (non-hydrogen) atoms. The fourth-order valence-corrected chi connectivity index (χ4v) is 4.21. The number of likely N-dealkylation sites (tertiary alicyclic amines) is 2. The zero-order valence-electron chi connectivity index (χ0n) is 16.6. The van der Waals surface area contributed by atoms with Crippen molar-refractivity contribution in [2.75, 3.05) is 40.3 Å². The molecule has 2 saturated heterocycles. The fraction of sp³-hybridized carbons (Fsp3) is 0.571. The molecule has 0 radical (unpaired) electrons. The Hall–Kier alpha value is -2.57. The summed E-state index contributed by atoms with van der Waals surface area (Å²) in [6.45, 7) is 2.71. The van der Waals surface area contributed by atoms with E-state index in [1.807, 2.05) is 21.9 Å². The number of carbonyl (C=O) groups is 3. The second-order valence-electron chi connectivity index (χ2n) is 7.99. The first-order valence-electron chi connectivity index (χ1n) is 9.95. The van der Waals surface area contributed by atoms with Crippen molar-refractivity contribution in [3.63, 3.8) is 0 Å². The summed E-state index contributed by atoms with van der Waals surface area (Å²) in [6.07, 6.45) is 3.39. The molecule has 0 saturated carbocycles. The molecule has 0 unspecified atom stereocenters. The first-order valence-corrected chi connectivity index (χ1v) is 9.95. The van der Waals surface area contributed by atoms with Crippen molar-refractivity contribution in [1.82, 2.24) is 14.7 Å². The van der Waals surface area contributed by atoms with Gasteiger partial charge in [0.25, 0.3) is 0 Å². The lowest BCUT2D eigenvalue weighted by Gasteiger charge is -2.38. The van der Waals surface area contributed by atoms with Crippen molar-refractivity contribution in [1.29, 1.82) is 0 Å². The van der Waals surface area contributed by atoms with Gasteiger partial charge in [0, 0.05) is 52.1 Å². The molecule has 0 aliphatic carbocycles. The highest BCUT2D eigenvalue weighted by Gasteiger charge is 2.33. The van der Waals surface area contributed by atoms with Gasteiger partial charge in [0.15, 0.2) is 0 Å². The van der Waals surface area contributed by atoms with Gasteiger partial charge in [-0.3, -0.25) is 4.79 Å². The SMILES string of the molecule is CN(C)C(=O)N1CCC(C(=O)N2CCC[C@H](c3ccc(C(=O)O)cc3)C2)CC1. The van der Waals surface area contributed by atoms with Crippen molar-refractivity contribution in [2.45, 2.75) is 31.6 Å². The van der Waals surface area contributed by atoms with Gasteiger partial charge >= 0.3 is 12.0 Å². The van der Waals surface area contributed by atoms with Crippen LogP contribution in [0.1, 0.15) is 47.5 Å². The molecule has 2 fully saturated rings. The van der Waals surface area contributed by atoms with E-state index in [9.17, 15) is 14.4 Å². The van der Waals surface area contributed by atoms with Gasteiger partial charge < -0.3 is 19.8 Å². The highest BCUT2D eigenvalue weighted by molar-refractivity contribution is 5.87. The minimum absolute atomic E-state index is 0.00810. The number of rotatable bonds is 3. The number of carboxylic acid groups (broad SMARTS) is 1. The number of aromatic carboxylic acids is 1. The van der Waals surface area contributed by atoms with Gasteiger partial charge in [-0.15, -0.1) is 0 Å². The lowest BCUT2D eigenvalue weighted by molar-refractivity contribution is -0.138. The second kappa shape index (κ2) is 8.63. The Labute approximate surface area is 165 Å². The third-order valence-corrected chi connectivity index (χ3v) is 5.86. The van der Waals surface area contributed by atoms with Crippen LogP contribution in [0.25, 0.3) is 0 Å². The van der Waals surface area contributed by atoms with Crippen LogP contribution in [0.3, 0.4) is 0 Å². The molecule has 3 rings (SSSR count). The Morgan fingerprint density at radius 2 is 1.61 bits per heavy atom. The molecular formula is C21H29N3O4. The molecule has 2 aliphatic rings. The minimum atomic E-state index is -0.925. The highest BCUT2D eigenvalue weighted by atomic mass is 16.4. The van der Waals surface area contributed by atoms with Gasteiger partial charge in [0.1, 0.15) is 0 Å². The summed E-state index contributed by atoms with van der Waals surface area (Å²) >= 11 is 0. The monoisotopic (exact) mass is 387 g/mol. The van der Waals surface area contributed by atoms with E-state index in [1.54, 1.807) is 31.1 Å². The molecule has 3 amide bonds. The molecule has 1 aromatic rings. The van der Waals surface area contributed by atoms with Crippen molar-refractivity contribution >= 4 is 17.9 Å². The van der Waals surface area contributed by atoms with Crippen LogP contribution in [0.5, 0.6) is 0 Å². The average molecular weight is 387 g/mol. The number of amides is 3. The van der Waals surface area contributed by atoms with Crippen LogP contribution in [0, 0.1) is 5.92 Å². The molecule has 7 heteroatoms. The minimum Gasteiger partial charge on any atom is -0.478 e. The summed E-state index contributed by atoms with van der Waals surface area (Å²) in [5, 5.41) is 9.05. The Morgan fingerprint density at radius 3 is 2.18 bits per heavy atom. The van der Waals surface area contributed by atoms with Gasteiger partial charge in [-0.2, -0.15) is 0 Å². The predicted molar refractivity (Wildman–Crippen MR) is 105 cm³/mol. The van der Waals surface area contributed by atoms with Crippen molar-refractivity contribution in [2.24, 2.45) is 5.92 Å². The van der Waals surface area contributed by atoms with E-state index in [-0.39, 0.29) is 29.3 Å². The van der Waals surface area contributed by atoms with Gasteiger partial charge in [0.2, 0.25) is 5.91 Å². The normalized spacial score (nSPS) is 20.7. The van der Waals surface area contributed by atoms with Gasteiger partial charge in [-0.05, 0) is 43.4 Å². The van der Waals surface area contributed by atoms with Crippen molar-refractivity contribution < 1.29 is 19.5 Å². The topological polar surface area (TPSA) is 81.2 Å². The van der Waals surface area contributed by atoms with E-state index in [2.05, 4.69) is 0 Å². The number of nitrogens with zero attached hydrogens (tertiary/aromatic N) is 3. The lowest BCUT2D eigenvalue weighted by atomic mass is 9.88. The molecule has 2 aliphatic heterocycles. The van der Waals surface area contributed by atoms with E-state index in [0.29, 0.717) is 32.5 Å². The molecule has 0 spiro atoms. The maximum absolute atomic E-state index is 13.0. The van der Waals surface area contributed by atoms with E-state index < -0.39 is 5.97 Å². The number of hydrogen-bond acceptors (Lipinski definition) is 3. The number of carboxylic acids is 1. The first-order chi connectivity index (χ1) is 13.4. The Bertz CT molecular complexity index is 724. The van der Waals surface area contributed by atoms with E-state index >= 15 is 0 Å². The Morgan fingerprint density at radius 1 is 0.964 bits per heavy atom. The van der Waals surface area contributed by atoms with Crippen LogP contribution < -0.4 is 0 Å². The summed E-state index contributed by atoms with van der Waals surface area (Å²) in [6, 6.07) is 7.01. The maximum atomic E-state index is 13.0. The average Bonchev–Trinajstić information content (AvgIpc) is 2.73. The van der Waals surface area contributed by atoms with Gasteiger partial charge in [-0.25, -0.2) is 9.59 Å². The molecular weight excluding hydrogens is 358 g/mol. The summed E-state index contributed by atoms with van der Waals surface area (Å²) in [5.74, 6) is -0.495. The summed E-state index contributed by atoms with van der Waals surface area (Å²) in [5.41, 5.74) is 1.38. The van der Waals surface area contributed by atoms with E-state index in [4.69, 9.17) is 5.11 Å². The summed E-state index contributed by atoms with van der Waals surface area (Å²) < 4.78 is 0. The molecule has 7 nitrogen and oxygen atoms in total. The molecule has 2 heterocycles. The number of benzene rings is 1. The molecule has 1 N–H and O–H groups in total. The molecule has 152 valence electrons. The molecule has 0 bridgehead atoms. The van der Waals surface area contributed by atoms with Crippen LogP contribution in [0.2, 0.25) is 0 Å². The lowest BCUT2D eigenvalue weighted by Crippen LogP contribution is -2.48. The van der Waals surface area contributed by atoms with Crippen molar-refractivity contribution in [3.05, 3.63) is 35.4 Å². The number of urea groups is 1. The van der Waals surface area contributed by atoms with Crippen LogP contribution in [-0.2, 0) is 4.79 Å². The molecule has 1 aromatic carbocycles. The third-order valence-electron chi connectivity index (χ3n) is 5.86. The largest absolute Gasteiger partial charge is 0.478 e. The highest BCUT2D eigenvalue weighted by Crippen LogP contribution is 2.29. The quantitative estimate of drug-likeness (QED) is 0.864. The first kappa shape index (κ1) is 20.2. The third kappa shape index (κ3) is 4.46. The zero-order valence-corrected chi connectivity index (χ0v) is 16.6. The standard InChI is InChI=1S/C21H29N3O4/c1-22(2)21(28)23-12-9-16(10-13-23)19(25)24-11-3-4-18(14-24)15-5-7-17(8-6-15)20(26)27/h5-8,16,18H,3-4,9-14H2,1-2H3,(H,26,27)/t18-/m0/s1. The van der Waals surface area contributed by atoms with E-state index in [0.717, 1.165) is 24.9 Å². The Balaban J connectivity index is 1.57. The van der Waals surface area contributed by atoms with E-state index in [1.165, 1.54) is 0 Å². The van der Waals surface area contributed by atoms with Crippen LogP contribution in [0.15, 0.2) is 24.3 Å². The summed E-state index contributed by atoms with van der Waals surface area (Å²) in [7, 11) is 3.49. The number of hydrogen-bond donors (Lipinski definition) is 1. The van der Waals surface area contributed by atoms with Crippen LogP contribution in [-0.4, -0.2) is 78.0 Å². The van der Waals surface area contributed by atoms with Gasteiger partial charge in [0.05, 0.1) is 5.56 Å². The maximum Gasteiger partial charge on any atom is 0.335 e. The van der Waals surface area contributed by atoms with Crippen molar-refractivity contribution in [3.8, 4) is 0 Å². The number of piperidine rings is 2. The Kier molecular flexibility index (Phi) is 6.21. The van der Waals surface area contributed by atoms with Gasteiger partial charge in [-0.1, -0.05) is 12.1 Å². The summed E-state index contributed by atoms with van der Waals surface area (Å²) in [4.78, 5) is 41.5. The predicted octanol–water partition coefficient (Wildman–Crippen LogP) is 2.48. The molecule has 1 atom stereocenters. The second-order valence-corrected chi connectivity index (χ2v) is 7.99. The van der Waals surface area contributed by atoms with Crippen LogP contribution in [0.4, 0.5) is 4.79 Å².